The number of halogens is 2. The van der Waals surface area contributed by atoms with E-state index in [0.29, 0.717) is 6.54 Å². The molecule has 0 atom stereocenters. The summed E-state index contributed by atoms with van der Waals surface area (Å²) in [4.78, 5) is 16.2. The van der Waals surface area contributed by atoms with Crippen LogP contribution in [-0.4, -0.2) is 21.7 Å². The van der Waals surface area contributed by atoms with Gasteiger partial charge in [-0.3, -0.25) is 4.79 Å². The first kappa shape index (κ1) is 14.9. The van der Waals surface area contributed by atoms with Crippen LogP contribution in [0.1, 0.15) is 16.1 Å². The summed E-state index contributed by atoms with van der Waals surface area (Å²) in [5.74, 6) is -0.815. The van der Waals surface area contributed by atoms with Gasteiger partial charge in [-0.05, 0) is 24.5 Å². The first-order valence-electron chi connectivity index (χ1n) is 5.80. The van der Waals surface area contributed by atoms with Crippen molar-refractivity contribution in [3.05, 3.63) is 46.5 Å². The van der Waals surface area contributed by atoms with Crippen LogP contribution in [0.25, 0.3) is 0 Å². The third-order valence-electron chi connectivity index (χ3n) is 2.83. The second-order valence-corrected chi connectivity index (χ2v) is 5.28. The van der Waals surface area contributed by atoms with Crippen LogP contribution in [0.4, 0.5) is 4.39 Å². The number of hydrogen-bond acceptors (Lipinski definition) is 3. The maximum atomic E-state index is 12.9. The van der Waals surface area contributed by atoms with Crippen LogP contribution < -0.4 is 5.32 Å². The number of nitrogens with one attached hydrogen (secondary N) is 1. The quantitative estimate of drug-likeness (QED) is 0.883. The van der Waals surface area contributed by atoms with Gasteiger partial charge in [0.15, 0.2) is 5.16 Å². The topological polar surface area (TPSA) is 46.9 Å². The minimum absolute atomic E-state index is 0.0947. The number of benzene rings is 1. The van der Waals surface area contributed by atoms with Crippen molar-refractivity contribution in [2.24, 2.45) is 7.05 Å². The van der Waals surface area contributed by atoms with E-state index < -0.39 is 5.82 Å². The minimum atomic E-state index is -0.470. The fourth-order valence-electron chi connectivity index (χ4n) is 1.72. The summed E-state index contributed by atoms with van der Waals surface area (Å²) < 4.78 is 14.8. The summed E-state index contributed by atoms with van der Waals surface area (Å²) >= 11 is 7.37. The standard InChI is InChI=1S/C13H13ClFN3OS/c1-18-9(7-17-13(18)20-2)6-16-12(19)10-4-3-8(15)5-11(10)14/h3-5,7H,6H2,1-2H3,(H,16,19). The molecule has 1 aromatic carbocycles. The van der Waals surface area contributed by atoms with Gasteiger partial charge in [0.1, 0.15) is 5.82 Å². The predicted molar refractivity (Wildman–Crippen MR) is 77.6 cm³/mol. The summed E-state index contributed by atoms with van der Waals surface area (Å²) in [6.07, 6.45) is 3.64. The van der Waals surface area contributed by atoms with Crippen molar-refractivity contribution in [1.29, 1.82) is 0 Å². The Bertz CT molecular complexity index is 645. The normalized spacial score (nSPS) is 10.6. The Morgan fingerprint density at radius 3 is 2.90 bits per heavy atom. The van der Waals surface area contributed by atoms with E-state index in [0.717, 1.165) is 16.9 Å². The van der Waals surface area contributed by atoms with Crippen LogP contribution in [0.3, 0.4) is 0 Å². The zero-order valence-electron chi connectivity index (χ0n) is 11.0. The molecule has 7 heteroatoms. The van der Waals surface area contributed by atoms with E-state index in [9.17, 15) is 9.18 Å². The highest BCUT2D eigenvalue weighted by Gasteiger charge is 2.12. The van der Waals surface area contributed by atoms with E-state index in [1.807, 2.05) is 17.9 Å². The van der Waals surface area contributed by atoms with Gasteiger partial charge < -0.3 is 9.88 Å². The van der Waals surface area contributed by atoms with Gasteiger partial charge in [0.2, 0.25) is 0 Å². The van der Waals surface area contributed by atoms with Crippen LogP contribution in [0.2, 0.25) is 5.02 Å². The molecule has 0 saturated heterocycles. The van der Waals surface area contributed by atoms with Crippen molar-refractivity contribution < 1.29 is 9.18 Å². The number of imidazole rings is 1. The Balaban J connectivity index is 2.06. The molecule has 106 valence electrons. The fourth-order valence-corrected chi connectivity index (χ4v) is 2.52. The van der Waals surface area contributed by atoms with E-state index in [1.54, 1.807) is 6.20 Å². The second-order valence-electron chi connectivity index (χ2n) is 4.10. The highest BCUT2D eigenvalue weighted by Crippen LogP contribution is 2.17. The molecule has 0 aliphatic carbocycles. The molecule has 2 rings (SSSR count). The maximum Gasteiger partial charge on any atom is 0.253 e. The van der Waals surface area contributed by atoms with Crippen molar-refractivity contribution in [1.82, 2.24) is 14.9 Å². The number of aromatic nitrogens is 2. The summed E-state index contributed by atoms with van der Waals surface area (Å²) in [7, 11) is 1.88. The largest absolute Gasteiger partial charge is 0.346 e. The average Bonchev–Trinajstić information content (AvgIpc) is 2.76. The summed E-state index contributed by atoms with van der Waals surface area (Å²) in [6, 6.07) is 3.69. The van der Waals surface area contributed by atoms with Gasteiger partial charge in [-0.25, -0.2) is 9.37 Å². The van der Waals surface area contributed by atoms with Crippen molar-refractivity contribution in [2.45, 2.75) is 11.7 Å². The van der Waals surface area contributed by atoms with Crippen molar-refractivity contribution >= 4 is 29.3 Å². The number of amides is 1. The molecule has 0 aliphatic heterocycles. The molecule has 0 bridgehead atoms. The highest BCUT2D eigenvalue weighted by molar-refractivity contribution is 7.98. The number of carbonyl (C=O) groups excluding carboxylic acids is 1. The Morgan fingerprint density at radius 1 is 1.55 bits per heavy atom. The summed E-state index contributed by atoms with van der Waals surface area (Å²) in [5.41, 5.74) is 1.13. The molecule has 4 nitrogen and oxygen atoms in total. The third-order valence-corrected chi connectivity index (χ3v) is 3.89. The molecule has 1 heterocycles. The molecule has 0 spiro atoms. The van der Waals surface area contributed by atoms with Gasteiger partial charge in [0.25, 0.3) is 5.91 Å². The van der Waals surface area contributed by atoms with Crippen molar-refractivity contribution in [3.8, 4) is 0 Å². The van der Waals surface area contributed by atoms with E-state index in [2.05, 4.69) is 10.3 Å². The molecule has 0 radical (unpaired) electrons. The smallest absolute Gasteiger partial charge is 0.253 e. The van der Waals surface area contributed by atoms with Crippen LogP contribution in [0.15, 0.2) is 29.6 Å². The predicted octanol–water partition coefficient (Wildman–Crippen LogP) is 2.86. The summed E-state index contributed by atoms with van der Waals surface area (Å²) in [5, 5.41) is 3.70. The molecule has 1 amide bonds. The Morgan fingerprint density at radius 2 is 2.30 bits per heavy atom. The molecular formula is C13H13ClFN3OS. The summed E-state index contributed by atoms with van der Waals surface area (Å²) in [6.45, 7) is 0.330. The van der Waals surface area contributed by atoms with Gasteiger partial charge >= 0.3 is 0 Å². The maximum absolute atomic E-state index is 12.9. The first-order chi connectivity index (χ1) is 9.52. The van der Waals surface area contributed by atoms with E-state index in [1.165, 1.54) is 23.9 Å². The molecule has 0 aliphatic rings. The van der Waals surface area contributed by atoms with E-state index in [-0.39, 0.29) is 16.5 Å². The molecule has 20 heavy (non-hydrogen) atoms. The molecule has 0 saturated carbocycles. The van der Waals surface area contributed by atoms with Gasteiger partial charge in [-0.2, -0.15) is 0 Å². The van der Waals surface area contributed by atoms with Gasteiger partial charge in [-0.15, -0.1) is 0 Å². The lowest BCUT2D eigenvalue weighted by atomic mass is 10.2. The Kier molecular flexibility index (Phi) is 4.67. The van der Waals surface area contributed by atoms with E-state index >= 15 is 0 Å². The lowest BCUT2D eigenvalue weighted by Crippen LogP contribution is -2.24. The van der Waals surface area contributed by atoms with Gasteiger partial charge in [0, 0.05) is 7.05 Å². The molecule has 0 unspecified atom stereocenters. The lowest BCUT2D eigenvalue weighted by molar-refractivity contribution is 0.0950. The molecular weight excluding hydrogens is 301 g/mol. The highest BCUT2D eigenvalue weighted by atomic mass is 35.5. The molecule has 1 N–H and O–H groups in total. The zero-order chi connectivity index (χ0) is 14.7. The Hall–Kier alpha value is -1.53. The number of nitrogens with zero attached hydrogens (tertiary/aromatic N) is 2. The van der Waals surface area contributed by atoms with Crippen LogP contribution in [0, 0.1) is 5.82 Å². The number of rotatable bonds is 4. The lowest BCUT2D eigenvalue weighted by Gasteiger charge is -2.08. The SMILES string of the molecule is CSc1ncc(CNC(=O)c2ccc(F)cc2Cl)n1C. The Labute approximate surface area is 125 Å². The van der Waals surface area contributed by atoms with Gasteiger partial charge in [0.05, 0.1) is 29.0 Å². The minimum Gasteiger partial charge on any atom is -0.346 e. The van der Waals surface area contributed by atoms with Crippen LogP contribution >= 0.6 is 23.4 Å². The first-order valence-corrected chi connectivity index (χ1v) is 7.41. The second kappa shape index (κ2) is 6.28. The zero-order valence-corrected chi connectivity index (χ0v) is 12.6. The average molecular weight is 314 g/mol. The number of hydrogen-bond donors (Lipinski definition) is 1. The van der Waals surface area contributed by atoms with Crippen molar-refractivity contribution in [3.63, 3.8) is 0 Å². The van der Waals surface area contributed by atoms with Crippen molar-refractivity contribution in [2.75, 3.05) is 6.26 Å². The third kappa shape index (κ3) is 3.13. The van der Waals surface area contributed by atoms with Gasteiger partial charge in [-0.1, -0.05) is 23.4 Å². The van der Waals surface area contributed by atoms with Crippen LogP contribution in [0.5, 0.6) is 0 Å². The molecule has 2 aromatic rings. The molecule has 0 fully saturated rings. The monoisotopic (exact) mass is 313 g/mol. The number of carbonyl (C=O) groups is 1. The fraction of sp³-hybridized carbons (Fsp3) is 0.231. The number of thioether (sulfide) groups is 1. The van der Waals surface area contributed by atoms with E-state index in [4.69, 9.17) is 11.6 Å². The van der Waals surface area contributed by atoms with Crippen LogP contribution in [-0.2, 0) is 13.6 Å². The molecule has 1 aromatic heterocycles.